The van der Waals surface area contributed by atoms with Crippen LogP contribution >= 0.6 is 0 Å². The summed E-state index contributed by atoms with van der Waals surface area (Å²) in [6.07, 6.45) is 0. The van der Waals surface area contributed by atoms with Crippen molar-refractivity contribution < 1.29 is 15.4 Å². The van der Waals surface area contributed by atoms with Crippen molar-refractivity contribution in [3.63, 3.8) is 0 Å². The molecule has 1 aromatic heterocycles. The third-order valence-electron chi connectivity index (χ3n) is 11.5. The monoisotopic (exact) mass is 737 g/mol. The van der Waals surface area contributed by atoms with E-state index >= 15 is 0 Å². The molecule has 9 aromatic carbocycles. The van der Waals surface area contributed by atoms with Crippen molar-refractivity contribution >= 4 is 49.8 Å². The van der Waals surface area contributed by atoms with Gasteiger partial charge < -0.3 is 9.32 Å². The van der Waals surface area contributed by atoms with Crippen molar-refractivity contribution in [3.05, 3.63) is 211 Å². The number of hydrogen-bond acceptors (Lipinski definition) is 2. The van der Waals surface area contributed by atoms with Gasteiger partial charge in [-0.2, -0.15) is 0 Å². The van der Waals surface area contributed by atoms with Gasteiger partial charge in [0.05, 0.1) is 16.7 Å². The number of nitrogens with zero attached hydrogens (tertiary/aromatic N) is 1. The molecule has 0 radical (unpaired) electrons. The third-order valence-corrected chi connectivity index (χ3v) is 11.5. The lowest BCUT2D eigenvalue weighted by atomic mass is 9.82. The molecular weight excluding hydrogens is 691 g/mol. The van der Waals surface area contributed by atoms with Gasteiger partial charge in [0.2, 0.25) is 0 Å². The Hall–Kier alpha value is -7.16. The van der Waals surface area contributed by atoms with Crippen LogP contribution in [0.4, 0.5) is 17.1 Å². The summed E-state index contributed by atoms with van der Waals surface area (Å²) in [6, 6.07) is 47.2. The van der Waals surface area contributed by atoms with Gasteiger partial charge in [0.15, 0.2) is 0 Å². The zero-order valence-electron chi connectivity index (χ0n) is 39.3. The minimum absolute atomic E-state index is 0.0127. The highest BCUT2D eigenvalue weighted by atomic mass is 16.3. The summed E-state index contributed by atoms with van der Waals surface area (Å²) < 4.78 is 81.4. The molecule has 270 valence electrons. The largest absolute Gasteiger partial charge is 0.455 e. The molecule has 0 spiro atoms. The number of fused-ring (bicyclic) bond motifs is 8. The lowest BCUT2D eigenvalue weighted by Crippen LogP contribution is -2.16. The fourth-order valence-corrected chi connectivity index (χ4v) is 8.62. The summed E-state index contributed by atoms with van der Waals surface area (Å²) in [4.78, 5) is 1.90. The van der Waals surface area contributed by atoms with Crippen LogP contribution < -0.4 is 4.90 Å². The van der Waals surface area contributed by atoms with Crippen LogP contribution in [0.3, 0.4) is 0 Å². The molecule has 0 saturated carbocycles. The summed E-state index contributed by atoms with van der Waals surface area (Å²) in [7, 11) is 0. The number of hydrogen-bond donors (Lipinski definition) is 0. The Morgan fingerprint density at radius 1 is 0.474 bits per heavy atom. The van der Waals surface area contributed by atoms with Gasteiger partial charge in [-0.25, -0.2) is 0 Å². The summed E-state index contributed by atoms with van der Waals surface area (Å²) in [5.74, 6) is 0. The van der Waals surface area contributed by atoms with E-state index in [1.165, 1.54) is 5.56 Å². The first-order valence-corrected chi connectivity index (χ1v) is 19.1. The quantitative estimate of drug-likeness (QED) is 0.169. The zero-order valence-corrected chi connectivity index (χ0v) is 31.3. The predicted octanol–water partition coefficient (Wildman–Crippen LogP) is 15.5. The van der Waals surface area contributed by atoms with Crippen molar-refractivity contribution in [1.82, 2.24) is 0 Å². The van der Waals surface area contributed by atoms with E-state index in [0.717, 1.165) is 38.9 Å². The second-order valence-electron chi connectivity index (χ2n) is 15.1. The van der Waals surface area contributed by atoms with Crippen LogP contribution in [0.5, 0.6) is 0 Å². The van der Waals surface area contributed by atoms with Gasteiger partial charge in [-0.1, -0.05) is 177 Å². The van der Waals surface area contributed by atoms with Crippen LogP contribution in [0.2, 0.25) is 0 Å². The van der Waals surface area contributed by atoms with Gasteiger partial charge in [-0.15, -0.1) is 0 Å². The van der Waals surface area contributed by atoms with Gasteiger partial charge in [-0.05, 0) is 92.0 Å². The average molecular weight is 738 g/mol. The number of anilines is 3. The molecule has 0 atom stereocenters. The minimum Gasteiger partial charge on any atom is -0.455 e. The fourth-order valence-electron chi connectivity index (χ4n) is 8.62. The van der Waals surface area contributed by atoms with Crippen LogP contribution in [-0.4, -0.2) is 0 Å². The molecule has 10 aromatic rings. The van der Waals surface area contributed by atoms with Gasteiger partial charge in [-0.3, -0.25) is 0 Å². The Morgan fingerprint density at radius 2 is 1.05 bits per heavy atom. The summed E-state index contributed by atoms with van der Waals surface area (Å²) in [6.45, 7) is 4.38. The normalized spacial score (nSPS) is 14.8. The first kappa shape index (κ1) is 25.8. The lowest BCUT2D eigenvalue weighted by Gasteiger charge is -2.29. The Balaban J connectivity index is 1.26. The predicted molar refractivity (Wildman–Crippen MR) is 240 cm³/mol. The maximum atomic E-state index is 10.4. The van der Waals surface area contributed by atoms with Crippen molar-refractivity contribution in [3.8, 4) is 44.5 Å². The Kier molecular flexibility index (Phi) is 5.88. The molecule has 0 saturated heterocycles. The van der Waals surface area contributed by atoms with Crippen LogP contribution in [0.25, 0.3) is 77.2 Å². The molecule has 57 heavy (non-hydrogen) atoms. The highest BCUT2D eigenvalue weighted by Gasteiger charge is 2.36. The van der Waals surface area contributed by atoms with E-state index in [9.17, 15) is 5.48 Å². The van der Waals surface area contributed by atoms with E-state index in [-0.39, 0.29) is 80.2 Å². The molecular formula is C55H39NO. The van der Waals surface area contributed by atoms with Crippen molar-refractivity contribution in [2.45, 2.75) is 19.3 Å². The van der Waals surface area contributed by atoms with E-state index in [1.54, 1.807) is 0 Å². The average Bonchev–Trinajstić information content (AvgIpc) is 3.84. The van der Waals surface area contributed by atoms with Gasteiger partial charge in [0, 0.05) is 38.3 Å². The molecule has 0 unspecified atom stereocenters. The van der Waals surface area contributed by atoms with Crippen molar-refractivity contribution in [2.75, 3.05) is 4.90 Å². The first-order valence-electron chi connectivity index (χ1n) is 23.1. The molecule has 2 nitrogen and oxygen atoms in total. The third kappa shape index (κ3) is 5.33. The topological polar surface area (TPSA) is 16.4 Å². The van der Waals surface area contributed by atoms with Gasteiger partial charge in [0.25, 0.3) is 0 Å². The molecule has 0 fully saturated rings. The van der Waals surface area contributed by atoms with Crippen molar-refractivity contribution in [2.24, 2.45) is 0 Å². The SMILES string of the molecule is [2H]c1c([2H])c(-c2ccc(-c3ccccc3)cc2)c2c(oc3c4c([2H])c([2H])c([2H])c([2H])c4c(N(c4ccc(-c5ccccc5)cc4)c4ccc5c(c4)C(C)(C)c4ccccc4-5)c([2H])c32)c1[2H]. The Morgan fingerprint density at radius 3 is 1.77 bits per heavy atom. The van der Waals surface area contributed by atoms with Crippen LogP contribution in [0.15, 0.2) is 204 Å². The first-order chi connectivity index (χ1) is 31.4. The van der Waals surface area contributed by atoms with Gasteiger partial charge in [0.1, 0.15) is 11.2 Å². The summed E-state index contributed by atoms with van der Waals surface area (Å²) in [5.41, 5.74) is 10.3. The maximum absolute atomic E-state index is 10.4. The highest BCUT2D eigenvalue weighted by Crippen LogP contribution is 2.52. The molecule has 1 aliphatic carbocycles. The molecule has 0 N–H and O–H groups in total. The number of furan rings is 1. The summed E-state index contributed by atoms with van der Waals surface area (Å²) >= 11 is 0. The standard InChI is InChI=1S/C55H39NO/c1-55(2)49-22-12-11-18-44(49)45-33-32-42(34-50(45)55)56(41-30-28-39(29-31-41)37-16-7-4-8-17-37)51-35-48-53-43(40-26-24-38(25-27-40)36-14-5-3-6-15-36)21-13-23-52(53)57-54(48)47-20-10-9-19-46(47)51/h3-35H,1-2H3/i9D,10D,13D,19D,20D,21D,23D,35D. The van der Waals surface area contributed by atoms with Crippen molar-refractivity contribution in [1.29, 1.82) is 0 Å². The number of benzene rings is 9. The maximum Gasteiger partial charge on any atom is 0.143 e. The molecule has 1 heterocycles. The smallest absolute Gasteiger partial charge is 0.143 e. The van der Waals surface area contributed by atoms with E-state index < -0.39 is 17.5 Å². The number of rotatable bonds is 6. The minimum atomic E-state index is -0.478. The second-order valence-corrected chi connectivity index (χ2v) is 15.1. The Labute approximate surface area is 344 Å². The molecule has 2 heteroatoms. The molecule has 0 bridgehead atoms. The molecule has 11 rings (SSSR count). The van der Waals surface area contributed by atoms with E-state index in [1.807, 2.05) is 132 Å². The molecule has 0 aliphatic heterocycles. The van der Waals surface area contributed by atoms with Crippen LogP contribution in [-0.2, 0) is 5.41 Å². The summed E-state index contributed by atoms with van der Waals surface area (Å²) in [5, 5.41) is 0.538. The zero-order chi connectivity index (χ0) is 45.1. The van der Waals surface area contributed by atoms with Crippen LogP contribution in [0.1, 0.15) is 35.9 Å². The molecule has 1 aliphatic rings. The van der Waals surface area contributed by atoms with E-state index in [4.69, 9.17) is 9.90 Å². The van der Waals surface area contributed by atoms with E-state index in [2.05, 4.69) is 38.1 Å². The van der Waals surface area contributed by atoms with E-state index in [0.29, 0.717) is 16.9 Å². The highest BCUT2D eigenvalue weighted by molar-refractivity contribution is 6.22. The van der Waals surface area contributed by atoms with Gasteiger partial charge >= 0.3 is 0 Å². The lowest BCUT2D eigenvalue weighted by molar-refractivity contribution is 0.660. The fraction of sp³-hybridized carbons (Fsp3) is 0.0545. The molecule has 0 amide bonds. The van der Waals surface area contributed by atoms with Crippen LogP contribution in [0, 0.1) is 0 Å². The Bertz CT molecular complexity index is 3590. The second kappa shape index (κ2) is 13.0.